The molecule has 0 saturated carbocycles. The highest BCUT2D eigenvalue weighted by Crippen LogP contribution is 2.07. The first-order valence-corrected chi connectivity index (χ1v) is 5.15. The minimum atomic E-state index is -0.349. The third-order valence-electron chi connectivity index (χ3n) is 2.31. The fourth-order valence-electron chi connectivity index (χ4n) is 1.16. The van der Waals surface area contributed by atoms with E-state index in [-0.39, 0.29) is 11.9 Å². The molecular formula is C11H18N4O. The lowest BCUT2D eigenvalue weighted by Gasteiger charge is -2.12. The summed E-state index contributed by atoms with van der Waals surface area (Å²) in [6, 6.07) is 3.59. The monoisotopic (exact) mass is 222 g/mol. The van der Waals surface area contributed by atoms with E-state index in [0.717, 1.165) is 11.4 Å². The molecule has 88 valence electrons. The van der Waals surface area contributed by atoms with Gasteiger partial charge in [-0.1, -0.05) is 6.07 Å². The molecule has 0 bridgehead atoms. The number of anilines is 1. The highest BCUT2D eigenvalue weighted by molar-refractivity contribution is 5.79. The van der Waals surface area contributed by atoms with Gasteiger partial charge in [-0.15, -0.1) is 0 Å². The first-order valence-electron chi connectivity index (χ1n) is 5.15. The van der Waals surface area contributed by atoms with E-state index in [9.17, 15) is 4.79 Å². The Hall–Kier alpha value is -1.62. The summed E-state index contributed by atoms with van der Waals surface area (Å²) in [7, 11) is 3.88. The van der Waals surface area contributed by atoms with Gasteiger partial charge in [0.2, 0.25) is 5.91 Å². The van der Waals surface area contributed by atoms with Crippen LogP contribution in [0.3, 0.4) is 0 Å². The first-order chi connectivity index (χ1) is 7.50. The van der Waals surface area contributed by atoms with E-state index in [4.69, 9.17) is 5.73 Å². The van der Waals surface area contributed by atoms with Crippen molar-refractivity contribution in [2.45, 2.75) is 19.5 Å². The molecule has 1 heterocycles. The van der Waals surface area contributed by atoms with Crippen LogP contribution in [-0.4, -0.2) is 31.0 Å². The molecular weight excluding hydrogens is 204 g/mol. The van der Waals surface area contributed by atoms with Crippen molar-refractivity contribution in [2.75, 3.05) is 19.0 Å². The SMILES string of the molecule is C[C@H](NCc1ccc(N(C)C)nc1)C(N)=O. The molecule has 0 unspecified atom stereocenters. The fraction of sp³-hybridized carbons (Fsp3) is 0.455. The number of nitrogens with zero attached hydrogens (tertiary/aromatic N) is 2. The van der Waals surface area contributed by atoms with Crippen LogP contribution in [0.5, 0.6) is 0 Å². The van der Waals surface area contributed by atoms with Crippen molar-refractivity contribution in [1.82, 2.24) is 10.3 Å². The van der Waals surface area contributed by atoms with Gasteiger partial charge in [-0.25, -0.2) is 4.98 Å². The number of amides is 1. The molecule has 0 saturated heterocycles. The fourth-order valence-corrected chi connectivity index (χ4v) is 1.16. The van der Waals surface area contributed by atoms with Gasteiger partial charge < -0.3 is 16.0 Å². The molecule has 0 radical (unpaired) electrons. The molecule has 16 heavy (non-hydrogen) atoms. The second kappa shape index (κ2) is 5.46. The Bertz CT molecular complexity index is 348. The van der Waals surface area contributed by atoms with Crippen molar-refractivity contribution in [3.63, 3.8) is 0 Å². The predicted molar refractivity (Wildman–Crippen MR) is 64.1 cm³/mol. The van der Waals surface area contributed by atoms with Crippen molar-refractivity contribution in [1.29, 1.82) is 0 Å². The van der Waals surface area contributed by atoms with Crippen LogP contribution in [0.2, 0.25) is 0 Å². The summed E-state index contributed by atoms with van der Waals surface area (Å²) in [5, 5.41) is 3.02. The predicted octanol–water partition coefficient (Wildman–Crippen LogP) is 0.111. The number of nitrogens with one attached hydrogen (secondary N) is 1. The second-order valence-corrected chi connectivity index (χ2v) is 3.92. The number of primary amides is 1. The molecule has 0 spiro atoms. The lowest BCUT2D eigenvalue weighted by atomic mass is 10.2. The molecule has 1 amide bonds. The summed E-state index contributed by atoms with van der Waals surface area (Å²) in [6.45, 7) is 2.33. The molecule has 1 rings (SSSR count). The number of carbonyl (C=O) groups excluding carboxylic acids is 1. The number of carbonyl (C=O) groups is 1. The summed E-state index contributed by atoms with van der Waals surface area (Å²) < 4.78 is 0. The Morgan fingerprint density at radius 2 is 2.25 bits per heavy atom. The number of nitrogens with two attached hydrogens (primary N) is 1. The number of pyridine rings is 1. The second-order valence-electron chi connectivity index (χ2n) is 3.92. The van der Waals surface area contributed by atoms with Gasteiger partial charge in [-0.2, -0.15) is 0 Å². The minimum absolute atomic E-state index is 0.325. The van der Waals surface area contributed by atoms with Gasteiger partial charge >= 0.3 is 0 Å². The summed E-state index contributed by atoms with van der Waals surface area (Å²) >= 11 is 0. The van der Waals surface area contributed by atoms with Crippen LogP contribution in [0, 0.1) is 0 Å². The Morgan fingerprint density at radius 3 is 2.69 bits per heavy atom. The molecule has 5 nitrogen and oxygen atoms in total. The smallest absolute Gasteiger partial charge is 0.234 e. The van der Waals surface area contributed by atoms with E-state index >= 15 is 0 Å². The third-order valence-corrected chi connectivity index (χ3v) is 2.31. The lowest BCUT2D eigenvalue weighted by Crippen LogP contribution is -2.38. The van der Waals surface area contributed by atoms with E-state index in [2.05, 4.69) is 10.3 Å². The number of hydrogen-bond donors (Lipinski definition) is 2. The lowest BCUT2D eigenvalue weighted by molar-refractivity contribution is -0.119. The van der Waals surface area contributed by atoms with Crippen LogP contribution in [0.15, 0.2) is 18.3 Å². The summed E-state index contributed by atoms with van der Waals surface area (Å²) in [5.74, 6) is 0.560. The number of aromatic nitrogens is 1. The Balaban J connectivity index is 2.52. The van der Waals surface area contributed by atoms with E-state index in [1.54, 1.807) is 13.1 Å². The quantitative estimate of drug-likeness (QED) is 0.742. The zero-order valence-electron chi connectivity index (χ0n) is 9.90. The molecule has 3 N–H and O–H groups in total. The van der Waals surface area contributed by atoms with Crippen molar-refractivity contribution in [3.05, 3.63) is 23.9 Å². The summed E-state index contributed by atoms with van der Waals surface area (Å²) in [6.07, 6.45) is 1.79. The largest absolute Gasteiger partial charge is 0.368 e. The highest BCUT2D eigenvalue weighted by atomic mass is 16.1. The Kier molecular flexibility index (Phi) is 4.25. The molecule has 1 atom stereocenters. The van der Waals surface area contributed by atoms with Crippen LogP contribution < -0.4 is 16.0 Å². The zero-order chi connectivity index (χ0) is 12.1. The molecule has 0 aliphatic carbocycles. The minimum Gasteiger partial charge on any atom is -0.368 e. The van der Waals surface area contributed by atoms with Crippen molar-refractivity contribution in [2.24, 2.45) is 5.73 Å². The van der Waals surface area contributed by atoms with Gasteiger partial charge in [0.25, 0.3) is 0 Å². The van der Waals surface area contributed by atoms with Gasteiger partial charge in [-0.3, -0.25) is 4.79 Å². The van der Waals surface area contributed by atoms with E-state index < -0.39 is 0 Å². The van der Waals surface area contributed by atoms with E-state index in [1.165, 1.54) is 0 Å². The molecule has 1 aromatic rings. The van der Waals surface area contributed by atoms with Crippen LogP contribution in [-0.2, 0) is 11.3 Å². The van der Waals surface area contributed by atoms with Crippen molar-refractivity contribution in [3.8, 4) is 0 Å². The van der Waals surface area contributed by atoms with Gasteiger partial charge in [0.1, 0.15) is 5.82 Å². The standard InChI is InChI=1S/C11H18N4O/c1-8(11(12)16)13-6-9-4-5-10(14-7-9)15(2)3/h4-5,7-8,13H,6H2,1-3H3,(H2,12,16)/t8-/m0/s1. The van der Waals surface area contributed by atoms with Crippen molar-refractivity contribution >= 4 is 11.7 Å². The van der Waals surface area contributed by atoms with Gasteiger partial charge in [0.05, 0.1) is 6.04 Å². The third kappa shape index (κ3) is 3.51. The average molecular weight is 222 g/mol. The van der Waals surface area contributed by atoms with Crippen molar-refractivity contribution < 1.29 is 4.79 Å². The highest BCUT2D eigenvalue weighted by Gasteiger charge is 2.07. The number of hydrogen-bond acceptors (Lipinski definition) is 4. The molecule has 0 aliphatic rings. The summed E-state index contributed by atoms with van der Waals surface area (Å²) in [5.41, 5.74) is 6.17. The van der Waals surface area contributed by atoms with Crippen LogP contribution in [0.1, 0.15) is 12.5 Å². The topological polar surface area (TPSA) is 71.2 Å². The Labute approximate surface area is 95.7 Å². The van der Waals surface area contributed by atoms with E-state index in [0.29, 0.717) is 6.54 Å². The first kappa shape index (κ1) is 12.4. The molecule has 0 fully saturated rings. The van der Waals surface area contributed by atoms with Gasteiger partial charge in [-0.05, 0) is 18.6 Å². The maximum Gasteiger partial charge on any atom is 0.234 e. The zero-order valence-corrected chi connectivity index (χ0v) is 9.90. The van der Waals surface area contributed by atoms with Crippen LogP contribution in [0.25, 0.3) is 0 Å². The average Bonchev–Trinajstić information content (AvgIpc) is 2.26. The molecule has 0 aliphatic heterocycles. The van der Waals surface area contributed by atoms with Gasteiger partial charge in [0.15, 0.2) is 0 Å². The maximum absolute atomic E-state index is 10.8. The van der Waals surface area contributed by atoms with Gasteiger partial charge in [0, 0.05) is 26.8 Å². The molecule has 5 heteroatoms. The van der Waals surface area contributed by atoms with Crippen LogP contribution >= 0.6 is 0 Å². The normalized spacial score (nSPS) is 12.2. The Morgan fingerprint density at radius 1 is 1.56 bits per heavy atom. The number of rotatable bonds is 5. The molecule has 1 aromatic heterocycles. The maximum atomic E-state index is 10.8. The van der Waals surface area contributed by atoms with Crippen LogP contribution in [0.4, 0.5) is 5.82 Å². The summed E-state index contributed by atoms with van der Waals surface area (Å²) in [4.78, 5) is 17.0. The molecule has 0 aromatic carbocycles. The van der Waals surface area contributed by atoms with E-state index in [1.807, 2.05) is 31.1 Å².